The molecule has 3 aromatic rings. The van der Waals surface area contributed by atoms with Gasteiger partial charge in [0.2, 0.25) is 0 Å². The summed E-state index contributed by atoms with van der Waals surface area (Å²) < 4.78 is 3.39. The van der Waals surface area contributed by atoms with Gasteiger partial charge in [0.25, 0.3) is 17.7 Å². The number of fused-ring (bicyclic) bond motifs is 2. The van der Waals surface area contributed by atoms with Crippen molar-refractivity contribution in [2.24, 2.45) is 10.9 Å². The van der Waals surface area contributed by atoms with Crippen LogP contribution < -0.4 is 21.4 Å². The van der Waals surface area contributed by atoms with E-state index in [2.05, 4.69) is 15.5 Å². The first kappa shape index (κ1) is 25.2. The van der Waals surface area contributed by atoms with Crippen LogP contribution in [0, 0.1) is 0 Å². The number of thioether (sulfide) groups is 1. The Balaban J connectivity index is 1.36. The van der Waals surface area contributed by atoms with Gasteiger partial charge >= 0.3 is 5.97 Å². The number of oxime groups is 1. The van der Waals surface area contributed by atoms with Gasteiger partial charge in [-0.1, -0.05) is 5.16 Å². The van der Waals surface area contributed by atoms with Gasteiger partial charge < -0.3 is 31.1 Å². The molecule has 2 aliphatic heterocycles. The predicted molar refractivity (Wildman–Crippen MR) is 136 cm³/mol. The monoisotopic (exact) mass is 557 g/mol. The Kier molecular flexibility index (Phi) is 6.50. The molecule has 0 radical (unpaired) electrons. The summed E-state index contributed by atoms with van der Waals surface area (Å²) >= 11 is 2.45. The Hall–Kier alpha value is -4.44. The highest BCUT2D eigenvalue weighted by Crippen LogP contribution is 2.40. The molecule has 16 heteroatoms. The van der Waals surface area contributed by atoms with Crippen LogP contribution in [-0.2, 0) is 25.8 Å². The van der Waals surface area contributed by atoms with Crippen molar-refractivity contribution >= 4 is 63.1 Å². The molecule has 0 bridgehead atoms. The fourth-order valence-corrected chi connectivity index (χ4v) is 6.21. The zero-order valence-electron chi connectivity index (χ0n) is 19.7. The first-order chi connectivity index (χ1) is 18.2. The minimum Gasteiger partial charge on any atom is -0.477 e. The van der Waals surface area contributed by atoms with Gasteiger partial charge in [0.05, 0.1) is 6.20 Å². The first-order valence-corrected chi connectivity index (χ1v) is 13.0. The van der Waals surface area contributed by atoms with Gasteiger partial charge in [-0.15, -0.1) is 23.1 Å². The van der Waals surface area contributed by atoms with E-state index in [4.69, 9.17) is 16.3 Å². The van der Waals surface area contributed by atoms with Crippen LogP contribution in [0.15, 0.2) is 52.5 Å². The lowest BCUT2D eigenvalue weighted by Crippen LogP contribution is -2.71. The summed E-state index contributed by atoms with van der Waals surface area (Å²) in [6.45, 7) is 0.200. The Morgan fingerprint density at radius 3 is 2.82 bits per heavy atom. The first-order valence-electron chi connectivity index (χ1n) is 11.0. The number of carbonyl (C=O) groups is 4. The number of carboxylic acids is 1. The second-order valence-electron chi connectivity index (χ2n) is 8.29. The van der Waals surface area contributed by atoms with Crippen LogP contribution in [0.25, 0.3) is 5.52 Å². The number of carbonyl (C=O) groups excluding carboxylic acids is 3. The zero-order chi connectivity index (χ0) is 27.1. The molecule has 5 rings (SSSR count). The molecule has 3 amide bonds. The number of thiazole rings is 1. The molecule has 3 aromatic heterocycles. The maximum atomic E-state index is 13.0. The van der Waals surface area contributed by atoms with Gasteiger partial charge in [0.15, 0.2) is 29.8 Å². The second kappa shape index (κ2) is 9.79. The number of hydrogen-bond acceptors (Lipinski definition) is 10. The molecule has 196 valence electrons. The maximum Gasteiger partial charge on any atom is 0.352 e. The molecule has 2 aliphatic rings. The summed E-state index contributed by atoms with van der Waals surface area (Å²) in [5.74, 6) is -2.76. The van der Waals surface area contributed by atoms with E-state index in [1.54, 1.807) is 39.7 Å². The smallest absolute Gasteiger partial charge is 0.352 e. The van der Waals surface area contributed by atoms with Crippen molar-refractivity contribution in [3.8, 4) is 0 Å². The van der Waals surface area contributed by atoms with Crippen molar-refractivity contribution in [2.75, 3.05) is 18.6 Å². The number of primary amides is 1. The van der Waals surface area contributed by atoms with Crippen LogP contribution in [0.1, 0.15) is 16.2 Å². The number of anilines is 1. The lowest BCUT2D eigenvalue weighted by molar-refractivity contribution is -0.688. The molecule has 0 aliphatic carbocycles. The Morgan fingerprint density at radius 2 is 2.16 bits per heavy atom. The number of nitrogens with zero attached hydrogens (tertiary/aromatic N) is 5. The van der Waals surface area contributed by atoms with E-state index in [0.29, 0.717) is 22.5 Å². The van der Waals surface area contributed by atoms with Crippen LogP contribution in [0.4, 0.5) is 5.13 Å². The number of nitrogens with two attached hydrogens (primary N) is 2. The van der Waals surface area contributed by atoms with Gasteiger partial charge in [0.1, 0.15) is 41.1 Å². The van der Waals surface area contributed by atoms with Gasteiger partial charge in [-0.05, 0) is 12.1 Å². The fraction of sp³-hybridized carbons (Fsp3) is 0.227. The van der Waals surface area contributed by atoms with Gasteiger partial charge in [-0.2, -0.15) is 4.57 Å². The molecule has 1 saturated heterocycles. The SMILES string of the molecule is CON=C(C(=O)N[C@@H]1C(=O)N2C(C(=O)O)=C(C[n+]3ccn4c(C(N)=O)ccc4c3)CS[C@@H]12)c1csc(N)n1. The summed E-state index contributed by atoms with van der Waals surface area (Å²) in [7, 11) is 1.27. The van der Waals surface area contributed by atoms with E-state index < -0.39 is 35.1 Å². The summed E-state index contributed by atoms with van der Waals surface area (Å²) in [6.07, 6.45) is 5.09. The third-order valence-electron chi connectivity index (χ3n) is 5.98. The number of β-lactam (4-membered cyclic amide) rings is 1. The summed E-state index contributed by atoms with van der Waals surface area (Å²) in [5.41, 5.74) is 12.5. The number of hydrogen-bond donors (Lipinski definition) is 4. The number of nitrogens with one attached hydrogen (secondary N) is 1. The van der Waals surface area contributed by atoms with Crippen LogP contribution in [0.3, 0.4) is 0 Å². The van der Waals surface area contributed by atoms with Crippen LogP contribution in [-0.4, -0.2) is 73.1 Å². The largest absolute Gasteiger partial charge is 0.477 e. The predicted octanol–water partition coefficient (Wildman–Crippen LogP) is -0.846. The summed E-state index contributed by atoms with van der Waals surface area (Å²) in [6, 6.07) is 2.37. The molecule has 6 N–H and O–H groups in total. The molecular formula is C22H21N8O6S2+. The zero-order valence-corrected chi connectivity index (χ0v) is 21.4. The molecular weight excluding hydrogens is 536 g/mol. The highest BCUT2D eigenvalue weighted by molar-refractivity contribution is 8.00. The lowest BCUT2D eigenvalue weighted by atomic mass is 10.0. The van der Waals surface area contributed by atoms with Crippen molar-refractivity contribution in [3.63, 3.8) is 0 Å². The molecule has 2 atom stereocenters. The highest BCUT2D eigenvalue weighted by Gasteiger charge is 2.54. The standard InChI is InChI=1S/C22H20N8O6S2/c1-36-27-14(12-9-38-22(24)25-12)18(32)26-15-19(33)30-16(21(34)35)10(8-37-20(15)30)6-28-4-5-29-11(7-28)2-3-13(29)17(23)31/h2-5,7,9,15,20H,6,8H2,1H3,(H5-,23,24,25,26,31,32,34,35)/p+1/t15-,20+/m1/s1. The van der Waals surface area contributed by atoms with Crippen molar-refractivity contribution in [2.45, 2.75) is 18.0 Å². The molecule has 0 unspecified atom stereocenters. The van der Waals surface area contributed by atoms with Crippen molar-refractivity contribution < 1.29 is 33.7 Å². The van der Waals surface area contributed by atoms with Crippen molar-refractivity contribution in [1.29, 1.82) is 0 Å². The molecule has 14 nitrogen and oxygen atoms in total. The summed E-state index contributed by atoms with van der Waals surface area (Å²) in [4.78, 5) is 59.7. The highest BCUT2D eigenvalue weighted by atomic mass is 32.2. The van der Waals surface area contributed by atoms with Crippen LogP contribution in [0.2, 0.25) is 0 Å². The van der Waals surface area contributed by atoms with E-state index in [0.717, 1.165) is 11.3 Å². The number of aromatic nitrogens is 3. The van der Waals surface area contributed by atoms with Crippen LogP contribution >= 0.6 is 23.1 Å². The Bertz CT molecular complexity index is 1560. The van der Waals surface area contributed by atoms with Crippen molar-refractivity contribution in [1.82, 2.24) is 19.6 Å². The number of amides is 3. The van der Waals surface area contributed by atoms with Gasteiger partial charge in [-0.3, -0.25) is 19.3 Å². The number of rotatable bonds is 8. The summed E-state index contributed by atoms with van der Waals surface area (Å²) in [5, 5.41) is 17.5. The van der Waals surface area contributed by atoms with E-state index in [9.17, 15) is 24.3 Å². The minimum atomic E-state index is -1.25. The average Bonchev–Trinajstić information content (AvgIpc) is 3.51. The lowest BCUT2D eigenvalue weighted by Gasteiger charge is -2.49. The third-order valence-corrected chi connectivity index (χ3v) is 7.99. The second-order valence-corrected chi connectivity index (χ2v) is 10.3. The molecule has 1 fully saturated rings. The molecule has 0 aromatic carbocycles. The van der Waals surface area contributed by atoms with E-state index in [1.165, 1.54) is 29.2 Å². The maximum absolute atomic E-state index is 13.0. The number of carboxylic acid groups (broad SMARTS) is 1. The average molecular weight is 558 g/mol. The molecule has 0 spiro atoms. The third kappa shape index (κ3) is 4.32. The quantitative estimate of drug-likeness (QED) is 0.118. The van der Waals surface area contributed by atoms with Crippen LogP contribution in [0.5, 0.6) is 0 Å². The fourth-order valence-electron chi connectivity index (χ4n) is 4.33. The molecule has 5 heterocycles. The topological polar surface area (TPSA) is 199 Å². The van der Waals surface area contributed by atoms with E-state index in [1.807, 2.05) is 0 Å². The molecule has 0 saturated carbocycles. The normalized spacial score (nSPS) is 19.2. The number of nitrogen functional groups attached to an aromatic ring is 1. The molecule has 38 heavy (non-hydrogen) atoms. The van der Waals surface area contributed by atoms with E-state index in [-0.39, 0.29) is 28.8 Å². The van der Waals surface area contributed by atoms with Gasteiger partial charge in [-0.25, -0.2) is 9.78 Å². The Morgan fingerprint density at radius 1 is 1.37 bits per heavy atom. The van der Waals surface area contributed by atoms with Gasteiger partial charge in [0, 0.05) is 16.7 Å². The van der Waals surface area contributed by atoms with E-state index >= 15 is 0 Å². The van der Waals surface area contributed by atoms with Crippen molar-refractivity contribution in [3.05, 3.63) is 58.8 Å². The number of aliphatic carboxylic acids is 1. The Labute approximate surface area is 222 Å². The minimum absolute atomic E-state index is 0.122.